The van der Waals surface area contributed by atoms with Crippen molar-refractivity contribution in [2.45, 2.75) is 36.9 Å². The minimum atomic E-state index is -4.68. The zero-order valence-electron chi connectivity index (χ0n) is 10.4. The number of rotatable bonds is 2. The molecule has 4 rings (SSSR count). The molecule has 3 aliphatic rings. The van der Waals surface area contributed by atoms with Gasteiger partial charge in [-0.15, -0.1) is 0 Å². The molecule has 0 saturated heterocycles. The monoisotopic (exact) mass is 298 g/mol. The molecule has 0 N–H and O–H groups in total. The summed E-state index contributed by atoms with van der Waals surface area (Å²) in [5.41, 5.74) is 1.72. The minimum absolute atomic E-state index is 0. The van der Waals surface area contributed by atoms with E-state index in [1.165, 1.54) is 0 Å². The van der Waals surface area contributed by atoms with E-state index in [0.717, 1.165) is 11.1 Å². The molecule has 3 fully saturated rings. The summed E-state index contributed by atoms with van der Waals surface area (Å²) in [6.07, 6.45) is 0.800. The van der Waals surface area contributed by atoms with E-state index in [-0.39, 0.29) is 76.1 Å². The molecule has 92 valence electrons. The summed E-state index contributed by atoms with van der Waals surface area (Å²) in [5, 5.41) is -0.670. The van der Waals surface area contributed by atoms with Crippen molar-refractivity contribution in [2.24, 2.45) is 0 Å². The van der Waals surface area contributed by atoms with Gasteiger partial charge < -0.3 is 12.9 Å². The van der Waals surface area contributed by atoms with E-state index in [0.29, 0.717) is 5.02 Å². The van der Waals surface area contributed by atoms with Gasteiger partial charge in [-0.25, -0.2) is 0 Å². The van der Waals surface area contributed by atoms with Gasteiger partial charge in [0.2, 0.25) is 0 Å². The van der Waals surface area contributed by atoms with Crippen molar-refractivity contribution in [1.82, 2.24) is 0 Å². The van der Waals surface area contributed by atoms with Crippen LogP contribution < -0.4 is 51.4 Å². The van der Waals surface area contributed by atoms with Crippen molar-refractivity contribution in [2.75, 3.05) is 0 Å². The molecular formula is C12H12BClF3K. The van der Waals surface area contributed by atoms with Gasteiger partial charge >= 0.3 is 58.4 Å². The molecule has 0 radical (unpaired) electrons. The van der Waals surface area contributed by atoms with E-state index in [4.69, 9.17) is 11.6 Å². The molecule has 0 amide bonds. The second kappa shape index (κ2) is 4.50. The van der Waals surface area contributed by atoms with Crippen LogP contribution in [0.15, 0.2) is 18.2 Å². The first-order valence-electron chi connectivity index (χ1n) is 5.74. The third-order valence-corrected chi connectivity index (χ3v) is 4.96. The predicted octanol–water partition coefficient (Wildman–Crippen LogP) is 1.68. The quantitative estimate of drug-likeness (QED) is 0.729. The summed E-state index contributed by atoms with van der Waals surface area (Å²) >= 11 is 6.02. The van der Waals surface area contributed by atoms with Gasteiger partial charge in [0.25, 0.3) is 0 Å². The van der Waals surface area contributed by atoms with Crippen molar-refractivity contribution in [1.29, 1.82) is 0 Å². The molecule has 18 heavy (non-hydrogen) atoms. The molecule has 0 heterocycles. The Morgan fingerprint density at radius 2 is 1.72 bits per heavy atom. The number of hydrogen-bond acceptors (Lipinski definition) is 0. The summed E-state index contributed by atoms with van der Waals surface area (Å²) in [4.78, 5) is 0. The topological polar surface area (TPSA) is 0 Å². The van der Waals surface area contributed by atoms with Crippen molar-refractivity contribution < 1.29 is 64.3 Å². The Morgan fingerprint density at radius 1 is 1.17 bits per heavy atom. The molecule has 0 aliphatic heterocycles. The number of hydrogen-bond donors (Lipinski definition) is 0. The first-order valence-corrected chi connectivity index (χ1v) is 6.12. The molecule has 1 aromatic carbocycles. The predicted molar refractivity (Wildman–Crippen MR) is 63.5 cm³/mol. The molecule has 0 unspecified atom stereocenters. The molecule has 0 aromatic heterocycles. The average molecular weight is 299 g/mol. The van der Waals surface area contributed by atoms with Crippen LogP contribution in [0.5, 0.6) is 0 Å². The number of benzene rings is 1. The van der Waals surface area contributed by atoms with E-state index >= 15 is 0 Å². The zero-order chi connectivity index (χ0) is 12.5. The molecule has 0 nitrogen and oxygen atoms in total. The Hall–Kier alpha value is 1.00. The van der Waals surface area contributed by atoms with Crippen LogP contribution in [0.25, 0.3) is 0 Å². The average Bonchev–Trinajstić information content (AvgIpc) is 2.03. The minimum Gasteiger partial charge on any atom is -0.449 e. The second-order valence-electron chi connectivity index (χ2n) is 5.71. The molecule has 0 spiro atoms. The molecule has 2 bridgehead atoms. The summed E-state index contributed by atoms with van der Waals surface area (Å²) < 4.78 is 38.4. The fourth-order valence-electron chi connectivity index (χ4n) is 3.44. The Labute approximate surface area is 152 Å². The molecule has 3 aliphatic carbocycles. The van der Waals surface area contributed by atoms with Crippen molar-refractivity contribution >= 4 is 18.6 Å². The van der Waals surface area contributed by atoms with Crippen LogP contribution in [0.3, 0.4) is 0 Å². The third kappa shape index (κ3) is 1.97. The van der Waals surface area contributed by atoms with E-state index in [9.17, 15) is 12.9 Å². The van der Waals surface area contributed by atoms with Crippen LogP contribution in [0.1, 0.15) is 30.4 Å². The SMILES string of the molecule is Cc1ccc(C23CC([B-](F)(F)F)(C2)C3)cc1Cl.[K+]. The van der Waals surface area contributed by atoms with Gasteiger partial charge in [0.05, 0.1) is 0 Å². The van der Waals surface area contributed by atoms with Gasteiger partial charge in [0.1, 0.15) is 0 Å². The summed E-state index contributed by atoms with van der Waals surface area (Å²) in [6, 6.07) is 5.65. The first-order chi connectivity index (χ1) is 7.78. The van der Waals surface area contributed by atoms with Gasteiger partial charge in [-0.3, -0.25) is 0 Å². The summed E-state index contributed by atoms with van der Waals surface area (Å²) in [5.74, 6) is 0. The molecule has 3 saturated carbocycles. The number of aryl methyl sites for hydroxylation is 1. The largest absolute Gasteiger partial charge is 1.00 e. The summed E-state index contributed by atoms with van der Waals surface area (Å²) in [6.45, 7) is -2.79. The maximum atomic E-state index is 12.8. The molecule has 1 aromatic rings. The molecule has 6 heteroatoms. The van der Waals surface area contributed by atoms with E-state index in [1.54, 1.807) is 0 Å². The number of halogens is 4. The van der Waals surface area contributed by atoms with Crippen LogP contribution in [-0.4, -0.2) is 6.98 Å². The Morgan fingerprint density at radius 3 is 2.17 bits per heavy atom. The van der Waals surface area contributed by atoms with E-state index in [1.807, 2.05) is 25.1 Å². The maximum absolute atomic E-state index is 12.8. The van der Waals surface area contributed by atoms with Crippen LogP contribution >= 0.6 is 11.6 Å². The van der Waals surface area contributed by atoms with Gasteiger partial charge in [0.15, 0.2) is 0 Å². The van der Waals surface area contributed by atoms with E-state index < -0.39 is 12.3 Å². The fourth-order valence-corrected chi connectivity index (χ4v) is 3.62. The first kappa shape index (κ1) is 15.4. The maximum Gasteiger partial charge on any atom is 1.00 e. The van der Waals surface area contributed by atoms with Crippen molar-refractivity contribution in [3.05, 3.63) is 34.3 Å². The van der Waals surface area contributed by atoms with Crippen LogP contribution in [-0.2, 0) is 5.41 Å². The van der Waals surface area contributed by atoms with Crippen molar-refractivity contribution in [3.8, 4) is 0 Å². The van der Waals surface area contributed by atoms with Gasteiger partial charge in [0, 0.05) is 5.02 Å². The Kier molecular flexibility index (Phi) is 3.85. The van der Waals surface area contributed by atoms with Gasteiger partial charge in [-0.1, -0.05) is 48.3 Å². The fraction of sp³-hybridized carbons (Fsp3) is 0.500. The summed E-state index contributed by atoms with van der Waals surface area (Å²) in [7, 11) is 0. The normalized spacial score (nSPS) is 33.2. The van der Waals surface area contributed by atoms with E-state index in [2.05, 4.69) is 0 Å². The van der Waals surface area contributed by atoms with Gasteiger partial charge in [-0.05, 0) is 29.5 Å². The zero-order valence-corrected chi connectivity index (χ0v) is 14.3. The van der Waals surface area contributed by atoms with Crippen LogP contribution in [0, 0.1) is 6.92 Å². The Balaban J connectivity index is 0.00000120. The molecule has 0 atom stereocenters. The van der Waals surface area contributed by atoms with Crippen LogP contribution in [0.4, 0.5) is 12.9 Å². The van der Waals surface area contributed by atoms with Crippen LogP contribution in [0.2, 0.25) is 10.3 Å². The second-order valence-corrected chi connectivity index (χ2v) is 6.12. The van der Waals surface area contributed by atoms with Crippen molar-refractivity contribution in [3.63, 3.8) is 0 Å². The van der Waals surface area contributed by atoms with Gasteiger partial charge in [-0.2, -0.15) is 0 Å². The smallest absolute Gasteiger partial charge is 0.449 e. The third-order valence-electron chi connectivity index (χ3n) is 4.55. The molecular weight excluding hydrogens is 286 g/mol. The standard InChI is InChI=1S/C12H12BClF3.K/c1-8-2-3-9(4-10(8)14)11-5-12(6-11,7-11)13(15,16)17;/h2-4H,5-7H2,1H3;/q-1;+1. The Bertz CT molecular complexity index is 481.